The van der Waals surface area contributed by atoms with Crippen LogP contribution in [0.25, 0.3) is 38.1 Å². The predicted octanol–water partition coefficient (Wildman–Crippen LogP) is 8.79. The van der Waals surface area contributed by atoms with E-state index in [-0.39, 0.29) is 21.7 Å². The Morgan fingerprint density at radius 3 is 1.31 bits per heavy atom. The van der Waals surface area contributed by atoms with E-state index in [1.165, 1.54) is 101 Å². The first-order valence-corrected chi connectivity index (χ1v) is 14.8. The Labute approximate surface area is 229 Å². The van der Waals surface area contributed by atoms with Crippen LogP contribution in [0.1, 0.15) is 112 Å². The summed E-state index contributed by atoms with van der Waals surface area (Å²) in [5.74, 6) is 0. The fourth-order valence-electron chi connectivity index (χ4n) is 10.1. The van der Waals surface area contributed by atoms with Gasteiger partial charge in [-0.1, -0.05) is 45.9 Å². The molecular formula is C36H33N3. The van der Waals surface area contributed by atoms with Gasteiger partial charge in [-0.15, -0.1) is 0 Å². The minimum atomic E-state index is 0.0801. The van der Waals surface area contributed by atoms with Crippen LogP contribution in [-0.2, 0) is 21.7 Å². The predicted molar refractivity (Wildman–Crippen MR) is 157 cm³/mol. The Bertz CT molecular complexity index is 1900. The maximum Gasteiger partial charge on any atom is 0.0995 e. The lowest BCUT2D eigenvalue weighted by Gasteiger charge is -2.53. The minimum absolute atomic E-state index is 0.0801. The number of hydrogen-bond donors (Lipinski definition) is 0. The lowest BCUT2D eigenvalue weighted by Crippen LogP contribution is -2.45. The van der Waals surface area contributed by atoms with E-state index < -0.39 is 0 Å². The molecule has 3 aromatic carbocycles. The molecule has 0 radical (unpaired) electrons. The molecule has 3 heteroatoms. The average Bonchev–Trinajstić information content (AvgIpc) is 3.46. The van der Waals surface area contributed by atoms with Crippen LogP contribution < -0.4 is 0 Å². The van der Waals surface area contributed by atoms with Crippen LogP contribution in [-0.4, -0.2) is 4.40 Å². The van der Waals surface area contributed by atoms with Gasteiger partial charge < -0.3 is 4.40 Å². The Balaban J connectivity index is 1.56. The number of fused-ring (bicyclic) bond motifs is 10. The third kappa shape index (κ3) is 2.27. The zero-order valence-electron chi connectivity index (χ0n) is 23.4. The van der Waals surface area contributed by atoms with Crippen LogP contribution in [0.15, 0.2) is 30.3 Å². The van der Waals surface area contributed by atoms with Crippen molar-refractivity contribution in [2.75, 3.05) is 0 Å². The van der Waals surface area contributed by atoms with Crippen LogP contribution in [0.3, 0.4) is 0 Å². The molecule has 0 amide bonds. The largest absolute Gasteiger partial charge is 0.308 e. The number of para-hydroxylation sites is 1. The van der Waals surface area contributed by atoms with Gasteiger partial charge >= 0.3 is 0 Å². The highest BCUT2D eigenvalue weighted by Crippen LogP contribution is 2.62. The summed E-state index contributed by atoms with van der Waals surface area (Å²) >= 11 is 0. The van der Waals surface area contributed by atoms with Crippen LogP contribution >= 0.6 is 0 Å². The van der Waals surface area contributed by atoms with Crippen molar-refractivity contribution in [3.8, 4) is 12.1 Å². The Hall–Kier alpha value is -3.56. The quantitative estimate of drug-likeness (QED) is 0.210. The van der Waals surface area contributed by atoms with Crippen molar-refractivity contribution < 1.29 is 0 Å². The smallest absolute Gasteiger partial charge is 0.0995 e. The number of nitriles is 2. The van der Waals surface area contributed by atoms with Gasteiger partial charge in [0.2, 0.25) is 0 Å². The van der Waals surface area contributed by atoms with Crippen molar-refractivity contribution in [3.05, 3.63) is 63.7 Å². The summed E-state index contributed by atoms with van der Waals surface area (Å²) in [6, 6.07) is 16.6. The monoisotopic (exact) mass is 507 g/mol. The Kier molecular flexibility index (Phi) is 3.67. The summed E-state index contributed by atoms with van der Waals surface area (Å²) < 4.78 is 2.44. The van der Waals surface area contributed by atoms with Crippen molar-refractivity contribution in [3.63, 3.8) is 0 Å². The fraction of sp³-hybridized carbons (Fsp3) is 0.444. The molecule has 0 unspecified atom stereocenters. The molecule has 192 valence electrons. The molecule has 2 aromatic heterocycles. The summed E-state index contributed by atoms with van der Waals surface area (Å²) in [4.78, 5) is 0. The fourth-order valence-corrected chi connectivity index (χ4v) is 10.1. The van der Waals surface area contributed by atoms with Crippen molar-refractivity contribution in [1.29, 1.82) is 10.5 Å². The molecule has 6 aliphatic rings. The maximum absolute atomic E-state index is 10.5. The number of rotatable bonds is 0. The first-order chi connectivity index (χ1) is 18.7. The Morgan fingerprint density at radius 1 is 0.590 bits per heavy atom. The van der Waals surface area contributed by atoms with Gasteiger partial charge in [0.05, 0.1) is 39.8 Å². The van der Waals surface area contributed by atoms with E-state index >= 15 is 0 Å². The van der Waals surface area contributed by atoms with E-state index in [0.717, 1.165) is 22.2 Å². The van der Waals surface area contributed by atoms with Crippen LogP contribution in [0.2, 0.25) is 0 Å². The SMILES string of the molecule is CC12CCC(C)(CC1)c1c2c(C#N)cc2c1c1cccc3c4c5c(c(C#N)cc4n2c13)C1(C)CCC5(C)CC1. The molecule has 0 aliphatic heterocycles. The van der Waals surface area contributed by atoms with E-state index in [0.29, 0.717) is 0 Å². The topological polar surface area (TPSA) is 52.0 Å². The highest BCUT2D eigenvalue weighted by Gasteiger charge is 2.52. The molecule has 39 heavy (non-hydrogen) atoms. The Morgan fingerprint density at radius 2 is 0.949 bits per heavy atom. The number of nitrogens with zero attached hydrogens (tertiary/aromatic N) is 3. The minimum Gasteiger partial charge on any atom is -0.308 e. The molecule has 0 atom stereocenters. The van der Waals surface area contributed by atoms with Crippen LogP contribution in [0.5, 0.6) is 0 Å². The molecular weight excluding hydrogens is 474 g/mol. The van der Waals surface area contributed by atoms with Crippen molar-refractivity contribution in [1.82, 2.24) is 4.40 Å². The summed E-state index contributed by atoms with van der Waals surface area (Å²) in [6.07, 6.45) is 9.41. The number of aromatic nitrogens is 1. The van der Waals surface area contributed by atoms with E-state index in [1.54, 1.807) is 0 Å². The normalized spacial score (nSPS) is 32.7. The van der Waals surface area contributed by atoms with Gasteiger partial charge in [-0.05, 0) is 107 Å². The van der Waals surface area contributed by atoms with Gasteiger partial charge in [0.25, 0.3) is 0 Å². The van der Waals surface area contributed by atoms with Gasteiger partial charge in [-0.3, -0.25) is 0 Å². The third-order valence-electron chi connectivity index (χ3n) is 12.5. The maximum atomic E-state index is 10.5. The molecule has 6 aliphatic carbocycles. The summed E-state index contributed by atoms with van der Waals surface area (Å²) in [7, 11) is 0. The third-order valence-corrected chi connectivity index (χ3v) is 12.5. The molecule has 5 aromatic rings. The van der Waals surface area contributed by atoms with Gasteiger partial charge in [-0.25, -0.2) is 0 Å². The summed E-state index contributed by atoms with van der Waals surface area (Å²) in [5.41, 5.74) is 11.2. The second kappa shape index (κ2) is 6.42. The van der Waals surface area contributed by atoms with Crippen LogP contribution in [0, 0.1) is 22.7 Å². The van der Waals surface area contributed by atoms with E-state index in [1.807, 2.05) is 0 Å². The highest BCUT2D eigenvalue weighted by atomic mass is 14.9. The van der Waals surface area contributed by atoms with Gasteiger partial charge in [0, 0.05) is 21.5 Å². The zero-order chi connectivity index (χ0) is 26.7. The van der Waals surface area contributed by atoms with Gasteiger partial charge in [0.1, 0.15) is 0 Å². The highest BCUT2D eigenvalue weighted by molar-refractivity contribution is 6.25. The average molecular weight is 508 g/mol. The zero-order valence-corrected chi connectivity index (χ0v) is 23.4. The summed E-state index contributed by atoms with van der Waals surface area (Å²) in [5, 5.41) is 26.4. The van der Waals surface area contributed by atoms with Gasteiger partial charge in [-0.2, -0.15) is 10.5 Å². The molecule has 11 rings (SSSR count). The standard InChI is InChI=1S/C36H33N3/c1-33-8-12-35(3,13-9-33)30-26-22-6-5-7-23-27-25(39(32(22)23)24(26)16-20(18-37)28(30)33)17-21(19-38)29-31(27)36(4)14-10-34(29,2)11-15-36/h5-7,16-17H,8-15H2,1-4H3. The van der Waals surface area contributed by atoms with Gasteiger partial charge in [0.15, 0.2) is 0 Å². The van der Waals surface area contributed by atoms with Crippen molar-refractivity contribution >= 4 is 38.1 Å². The second-order valence-corrected chi connectivity index (χ2v) is 14.6. The molecule has 4 bridgehead atoms. The molecule has 2 heterocycles. The van der Waals surface area contributed by atoms with E-state index in [2.05, 4.69) is 74.6 Å². The molecule has 0 saturated heterocycles. The van der Waals surface area contributed by atoms with E-state index in [9.17, 15) is 10.5 Å². The molecule has 0 N–H and O–H groups in total. The van der Waals surface area contributed by atoms with Crippen molar-refractivity contribution in [2.24, 2.45) is 0 Å². The molecule has 0 spiro atoms. The molecule has 3 nitrogen and oxygen atoms in total. The van der Waals surface area contributed by atoms with Crippen LogP contribution in [0.4, 0.5) is 0 Å². The number of benzene rings is 3. The lowest BCUT2D eigenvalue weighted by atomic mass is 9.51. The second-order valence-electron chi connectivity index (χ2n) is 14.6. The molecule has 2 saturated carbocycles. The van der Waals surface area contributed by atoms with Crippen molar-refractivity contribution in [2.45, 2.75) is 101 Å². The first-order valence-electron chi connectivity index (χ1n) is 14.8. The lowest BCUT2D eigenvalue weighted by molar-refractivity contribution is 0.189. The number of hydrogen-bond acceptors (Lipinski definition) is 2. The molecule has 2 fully saturated rings. The summed E-state index contributed by atoms with van der Waals surface area (Å²) in [6.45, 7) is 9.68. The van der Waals surface area contributed by atoms with E-state index in [4.69, 9.17) is 0 Å². The first kappa shape index (κ1) is 22.3.